The second-order valence-corrected chi connectivity index (χ2v) is 8.16. The number of rotatable bonds is 8. The molecule has 9 heteroatoms. The van der Waals surface area contributed by atoms with E-state index < -0.39 is 18.5 Å². The van der Waals surface area contributed by atoms with Crippen molar-refractivity contribution >= 4 is 45.7 Å². The van der Waals surface area contributed by atoms with E-state index in [4.69, 9.17) is 4.74 Å². The molecule has 158 valence electrons. The van der Waals surface area contributed by atoms with Crippen molar-refractivity contribution in [2.24, 2.45) is 5.92 Å². The number of hydrogen-bond donors (Lipinski definition) is 3. The van der Waals surface area contributed by atoms with Gasteiger partial charge in [-0.1, -0.05) is 12.1 Å². The van der Waals surface area contributed by atoms with Crippen molar-refractivity contribution < 1.29 is 23.9 Å². The Kier molecular flexibility index (Phi) is 6.83. The molecule has 0 unspecified atom stereocenters. The maximum absolute atomic E-state index is 12.1. The number of aryl methyl sites for hydroxylation is 1. The van der Waals surface area contributed by atoms with Gasteiger partial charge in [-0.2, -0.15) is 0 Å². The first-order valence-electron chi connectivity index (χ1n) is 9.54. The molecule has 3 N–H and O–H groups in total. The van der Waals surface area contributed by atoms with Gasteiger partial charge in [0.2, 0.25) is 11.8 Å². The molecule has 1 saturated carbocycles. The molecular weight excluding hydrogens is 406 g/mol. The summed E-state index contributed by atoms with van der Waals surface area (Å²) >= 11 is 1.09. The van der Waals surface area contributed by atoms with E-state index in [1.54, 1.807) is 12.1 Å². The van der Waals surface area contributed by atoms with Crippen molar-refractivity contribution in [1.29, 1.82) is 0 Å². The summed E-state index contributed by atoms with van der Waals surface area (Å²) in [5.74, 6) is -1.61. The van der Waals surface area contributed by atoms with E-state index in [1.165, 1.54) is 6.07 Å². The first-order valence-corrected chi connectivity index (χ1v) is 10.4. The Morgan fingerprint density at radius 3 is 2.53 bits per heavy atom. The molecule has 1 aliphatic rings. The van der Waals surface area contributed by atoms with Crippen LogP contribution in [-0.4, -0.2) is 36.8 Å². The number of thiophene rings is 1. The predicted molar refractivity (Wildman–Crippen MR) is 114 cm³/mol. The minimum atomic E-state index is -0.665. The second kappa shape index (κ2) is 9.53. The highest BCUT2D eigenvalue weighted by atomic mass is 32.1. The molecule has 0 aliphatic heterocycles. The average Bonchev–Trinajstić information content (AvgIpc) is 3.47. The van der Waals surface area contributed by atoms with E-state index in [0.29, 0.717) is 10.7 Å². The number of hydrogen-bond acceptors (Lipinski definition) is 6. The SMILES string of the molecule is Cc1cccc(NC(=O)CNC(=O)COC(=O)c2ccc(NC(=O)C3CC3)s2)c1C. The van der Waals surface area contributed by atoms with E-state index in [2.05, 4.69) is 16.0 Å². The number of benzene rings is 1. The standard InChI is InChI=1S/C21H23N3O5S/c1-12-4-3-5-15(13(12)2)23-17(25)10-22-18(26)11-29-21(28)16-8-9-19(30-16)24-20(27)14-6-7-14/h3-5,8-9,14H,6-7,10-11H2,1-2H3,(H,22,26)(H,23,25)(H,24,27). The summed E-state index contributed by atoms with van der Waals surface area (Å²) in [6.07, 6.45) is 1.79. The number of carbonyl (C=O) groups is 4. The van der Waals surface area contributed by atoms with Crippen molar-refractivity contribution in [3.63, 3.8) is 0 Å². The zero-order chi connectivity index (χ0) is 21.7. The van der Waals surface area contributed by atoms with Gasteiger partial charge in [-0.15, -0.1) is 11.3 Å². The molecule has 0 saturated heterocycles. The lowest BCUT2D eigenvalue weighted by atomic mass is 10.1. The van der Waals surface area contributed by atoms with E-state index >= 15 is 0 Å². The molecule has 0 spiro atoms. The first-order chi connectivity index (χ1) is 14.3. The van der Waals surface area contributed by atoms with Gasteiger partial charge < -0.3 is 20.7 Å². The van der Waals surface area contributed by atoms with Crippen LogP contribution in [-0.2, 0) is 19.1 Å². The molecule has 2 aromatic rings. The van der Waals surface area contributed by atoms with Gasteiger partial charge in [0, 0.05) is 11.6 Å². The molecule has 1 heterocycles. The summed E-state index contributed by atoms with van der Waals surface area (Å²) in [5.41, 5.74) is 2.69. The number of amides is 3. The lowest BCUT2D eigenvalue weighted by Gasteiger charge is -2.11. The number of anilines is 2. The molecule has 0 bridgehead atoms. The Balaban J connectivity index is 1.39. The van der Waals surface area contributed by atoms with Crippen LogP contribution >= 0.6 is 11.3 Å². The molecule has 0 radical (unpaired) electrons. The smallest absolute Gasteiger partial charge is 0.348 e. The van der Waals surface area contributed by atoms with Gasteiger partial charge >= 0.3 is 5.97 Å². The molecule has 3 rings (SSSR count). The quantitative estimate of drug-likeness (QED) is 0.558. The third-order valence-electron chi connectivity index (χ3n) is 4.66. The van der Waals surface area contributed by atoms with Crippen LogP contribution in [0.4, 0.5) is 10.7 Å². The highest BCUT2D eigenvalue weighted by Crippen LogP contribution is 2.31. The van der Waals surface area contributed by atoms with Gasteiger partial charge in [-0.25, -0.2) is 4.79 Å². The molecule has 3 amide bonds. The molecule has 1 aliphatic carbocycles. The molecule has 8 nitrogen and oxygen atoms in total. The van der Waals surface area contributed by atoms with Crippen LogP contribution in [0.3, 0.4) is 0 Å². The van der Waals surface area contributed by atoms with Gasteiger partial charge in [0.05, 0.1) is 11.5 Å². The fourth-order valence-corrected chi connectivity index (χ4v) is 3.40. The van der Waals surface area contributed by atoms with Gasteiger partial charge in [0.1, 0.15) is 4.88 Å². The van der Waals surface area contributed by atoms with Crippen LogP contribution in [0.5, 0.6) is 0 Å². The molecule has 30 heavy (non-hydrogen) atoms. The van der Waals surface area contributed by atoms with Crippen LogP contribution in [0, 0.1) is 19.8 Å². The van der Waals surface area contributed by atoms with Crippen LogP contribution < -0.4 is 16.0 Å². The number of ether oxygens (including phenoxy) is 1. The fourth-order valence-electron chi connectivity index (χ4n) is 2.60. The van der Waals surface area contributed by atoms with Gasteiger partial charge in [-0.05, 0) is 56.0 Å². The summed E-state index contributed by atoms with van der Waals surface area (Å²) in [4.78, 5) is 48.0. The Bertz CT molecular complexity index is 981. The molecule has 1 aromatic heterocycles. The second-order valence-electron chi connectivity index (χ2n) is 7.08. The Morgan fingerprint density at radius 1 is 1.03 bits per heavy atom. The first kappa shape index (κ1) is 21.5. The number of esters is 1. The molecule has 1 fully saturated rings. The fraction of sp³-hybridized carbons (Fsp3) is 0.333. The number of carbonyl (C=O) groups excluding carboxylic acids is 4. The van der Waals surface area contributed by atoms with Gasteiger partial charge in [0.25, 0.3) is 5.91 Å². The topological polar surface area (TPSA) is 114 Å². The Morgan fingerprint density at radius 2 is 1.80 bits per heavy atom. The van der Waals surface area contributed by atoms with Crippen LogP contribution in [0.1, 0.15) is 33.6 Å². The summed E-state index contributed by atoms with van der Waals surface area (Å²) in [6, 6.07) is 8.72. The van der Waals surface area contributed by atoms with Crippen molar-refractivity contribution in [2.45, 2.75) is 26.7 Å². The van der Waals surface area contributed by atoms with Crippen molar-refractivity contribution in [2.75, 3.05) is 23.8 Å². The molecule has 0 atom stereocenters. The maximum atomic E-state index is 12.1. The number of nitrogens with one attached hydrogen (secondary N) is 3. The molecular formula is C21H23N3O5S. The minimum absolute atomic E-state index is 0.0460. The van der Waals surface area contributed by atoms with E-state index in [-0.39, 0.29) is 29.2 Å². The van der Waals surface area contributed by atoms with Gasteiger partial charge in [-0.3, -0.25) is 14.4 Å². The molecule has 1 aromatic carbocycles. The maximum Gasteiger partial charge on any atom is 0.348 e. The summed E-state index contributed by atoms with van der Waals surface area (Å²) < 4.78 is 4.97. The largest absolute Gasteiger partial charge is 0.451 e. The van der Waals surface area contributed by atoms with Crippen molar-refractivity contribution in [3.8, 4) is 0 Å². The van der Waals surface area contributed by atoms with E-state index in [1.807, 2.05) is 26.0 Å². The monoisotopic (exact) mass is 429 g/mol. The zero-order valence-corrected chi connectivity index (χ0v) is 17.6. The minimum Gasteiger partial charge on any atom is -0.451 e. The Hall–Kier alpha value is -3.20. The van der Waals surface area contributed by atoms with Crippen LogP contribution in [0.25, 0.3) is 0 Å². The highest BCUT2D eigenvalue weighted by Gasteiger charge is 2.30. The lowest BCUT2D eigenvalue weighted by Crippen LogP contribution is -2.35. The summed E-state index contributed by atoms with van der Waals surface area (Å²) in [5, 5.41) is 8.46. The normalized spacial score (nSPS) is 12.7. The van der Waals surface area contributed by atoms with Crippen LogP contribution in [0.15, 0.2) is 30.3 Å². The van der Waals surface area contributed by atoms with E-state index in [9.17, 15) is 19.2 Å². The Labute approximate surface area is 178 Å². The van der Waals surface area contributed by atoms with E-state index in [0.717, 1.165) is 35.3 Å². The van der Waals surface area contributed by atoms with Crippen molar-refractivity contribution in [3.05, 3.63) is 46.3 Å². The predicted octanol–water partition coefficient (Wildman–Crippen LogP) is 2.63. The lowest BCUT2D eigenvalue weighted by molar-refractivity contribution is -0.126. The van der Waals surface area contributed by atoms with Crippen LogP contribution in [0.2, 0.25) is 0 Å². The third-order valence-corrected chi connectivity index (χ3v) is 5.64. The summed E-state index contributed by atoms with van der Waals surface area (Å²) in [6.45, 7) is 3.10. The average molecular weight is 429 g/mol. The van der Waals surface area contributed by atoms with Gasteiger partial charge in [0.15, 0.2) is 6.61 Å². The third kappa shape index (κ3) is 5.90. The highest BCUT2D eigenvalue weighted by molar-refractivity contribution is 7.18. The van der Waals surface area contributed by atoms with Crippen molar-refractivity contribution in [1.82, 2.24) is 5.32 Å². The summed E-state index contributed by atoms with van der Waals surface area (Å²) in [7, 11) is 0. The zero-order valence-electron chi connectivity index (χ0n) is 16.7.